The van der Waals surface area contributed by atoms with Gasteiger partial charge in [0.2, 0.25) is 5.91 Å². The Kier molecular flexibility index (Phi) is 4.40. The molecule has 26 heavy (non-hydrogen) atoms. The van der Waals surface area contributed by atoms with Crippen LogP contribution in [-0.2, 0) is 24.3 Å². The highest BCUT2D eigenvalue weighted by Crippen LogP contribution is 2.29. The molecule has 3 heterocycles. The molecule has 0 aromatic carbocycles. The first kappa shape index (κ1) is 17.0. The van der Waals surface area contributed by atoms with E-state index in [1.165, 1.54) is 22.2 Å². The van der Waals surface area contributed by atoms with Gasteiger partial charge in [-0.1, -0.05) is 6.92 Å². The first-order chi connectivity index (χ1) is 12.5. The van der Waals surface area contributed by atoms with Crippen LogP contribution in [0.3, 0.4) is 0 Å². The molecule has 0 aliphatic heterocycles. The third-order valence-corrected chi connectivity index (χ3v) is 5.84. The summed E-state index contributed by atoms with van der Waals surface area (Å²) in [6, 6.07) is 5.93. The monoisotopic (exact) mass is 371 g/mol. The summed E-state index contributed by atoms with van der Waals surface area (Å²) in [6.07, 6.45) is 4.36. The SMILES string of the molecule is CCc1cc2c(=O)n(CC(=O)N(Cc3ccc(C)o3)C3CC3)cnc2s1. The normalized spacial score (nSPS) is 14.1. The minimum Gasteiger partial charge on any atom is -0.464 e. The molecule has 136 valence electrons. The van der Waals surface area contributed by atoms with Crippen LogP contribution in [0.4, 0.5) is 0 Å². The number of hydrogen-bond donors (Lipinski definition) is 0. The Morgan fingerprint density at radius 2 is 2.23 bits per heavy atom. The smallest absolute Gasteiger partial charge is 0.262 e. The standard InChI is InChI=1S/C19H21N3O3S/c1-3-15-8-16-18(26-15)20-11-21(19(16)24)10-17(23)22(13-5-6-13)9-14-7-4-12(2)25-14/h4,7-8,11,13H,3,5-6,9-10H2,1-2H3. The molecule has 0 N–H and O–H groups in total. The van der Waals surface area contributed by atoms with Crippen LogP contribution in [-0.4, -0.2) is 26.4 Å². The fourth-order valence-corrected chi connectivity index (χ4v) is 4.00. The predicted octanol–water partition coefficient (Wildman–Crippen LogP) is 3.11. The Hall–Kier alpha value is -2.41. The molecule has 1 fully saturated rings. The van der Waals surface area contributed by atoms with E-state index in [1.54, 1.807) is 0 Å². The van der Waals surface area contributed by atoms with Crippen molar-refractivity contribution in [3.63, 3.8) is 0 Å². The van der Waals surface area contributed by atoms with Crippen molar-refractivity contribution in [3.8, 4) is 0 Å². The zero-order chi connectivity index (χ0) is 18.3. The van der Waals surface area contributed by atoms with E-state index in [4.69, 9.17) is 4.42 Å². The van der Waals surface area contributed by atoms with Gasteiger partial charge in [-0.25, -0.2) is 4.98 Å². The summed E-state index contributed by atoms with van der Waals surface area (Å²) in [5.41, 5.74) is -0.149. The van der Waals surface area contributed by atoms with Gasteiger partial charge in [0, 0.05) is 10.9 Å². The van der Waals surface area contributed by atoms with Crippen LogP contribution in [0.5, 0.6) is 0 Å². The number of hydrogen-bond acceptors (Lipinski definition) is 5. The number of aryl methyl sites for hydroxylation is 2. The maximum absolute atomic E-state index is 12.9. The second-order valence-corrected chi connectivity index (χ2v) is 7.84. The van der Waals surface area contributed by atoms with E-state index < -0.39 is 0 Å². The molecule has 0 bridgehead atoms. The van der Waals surface area contributed by atoms with E-state index in [9.17, 15) is 9.59 Å². The number of amides is 1. The van der Waals surface area contributed by atoms with E-state index in [1.807, 2.05) is 30.0 Å². The molecule has 0 atom stereocenters. The average Bonchev–Trinajstić information content (AvgIpc) is 3.23. The Morgan fingerprint density at radius 1 is 1.42 bits per heavy atom. The van der Waals surface area contributed by atoms with Crippen molar-refractivity contribution in [1.29, 1.82) is 0 Å². The highest BCUT2D eigenvalue weighted by molar-refractivity contribution is 7.18. The number of rotatable bonds is 6. The third-order valence-electron chi connectivity index (χ3n) is 4.65. The maximum atomic E-state index is 12.9. The number of thiophene rings is 1. The fourth-order valence-electron chi connectivity index (χ4n) is 3.08. The van der Waals surface area contributed by atoms with Gasteiger partial charge in [-0.2, -0.15) is 0 Å². The number of aromatic nitrogens is 2. The Bertz CT molecular complexity index is 1010. The molecule has 3 aromatic heterocycles. The van der Waals surface area contributed by atoms with E-state index in [0.717, 1.165) is 40.5 Å². The van der Waals surface area contributed by atoms with Crippen LogP contribution in [0.2, 0.25) is 0 Å². The lowest BCUT2D eigenvalue weighted by Crippen LogP contribution is -2.37. The zero-order valence-corrected chi connectivity index (χ0v) is 15.7. The molecule has 1 aliphatic rings. The average molecular weight is 371 g/mol. The number of fused-ring (bicyclic) bond motifs is 1. The highest BCUT2D eigenvalue weighted by atomic mass is 32.1. The minimum atomic E-state index is -0.149. The molecule has 3 aromatic rings. The van der Waals surface area contributed by atoms with Crippen LogP contribution in [0.25, 0.3) is 10.2 Å². The van der Waals surface area contributed by atoms with Crippen LogP contribution in [0.15, 0.2) is 33.7 Å². The van der Waals surface area contributed by atoms with E-state index in [0.29, 0.717) is 11.9 Å². The molecule has 1 saturated carbocycles. The summed E-state index contributed by atoms with van der Waals surface area (Å²) in [5, 5.41) is 0.599. The lowest BCUT2D eigenvalue weighted by atomic mass is 10.3. The van der Waals surface area contributed by atoms with Gasteiger partial charge in [0.05, 0.1) is 18.3 Å². The van der Waals surface area contributed by atoms with Gasteiger partial charge in [-0.05, 0) is 44.4 Å². The van der Waals surface area contributed by atoms with Gasteiger partial charge in [0.15, 0.2) is 0 Å². The molecule has 1 aliphatic carbocycles. The van der Waals surface area contributed by atoms with Crippen molar-refractivity contribution in [3.05, 3.63) is 51.3 Å². The lowest BCUT2D eigenvalue weighted by Gasteiger charge is -2.21. The van der Waals surface area contributed by atoms with E-state index in [2.05, 4.69) is 11.9 Å². The number of carbonyl (C=O) groups excluding carboxylic acids is 1. The molecule has 7 heteroatoms. The number of furan rings is 1. The van der Waals surface area contributed by atoms with Crippen molar-refractivity contribution in [2.75, 3.05) is 0 Å². The zero-order valence-electron chi connectivity index (χ0n) is 14.9. The summed E-state index contributed by atoms with van der Waals surface area (Å²) >= 11 is 1.53. The van der Waals surface area contributed by atoms with Crippen molar-refractivity contribution < 1.29 is 9.21 Å². The first-order valence-corrected chi connectivity index (χ1v) is 9.69. The molecule has 1 amide bonds. The van der Waals surface area contributed by atoms with Crippen LogP contribution >= 0.6 is 11.3 Å². The summed E-state index contributed by atoms with van der Waals surface area (Å²) < 4.78 is 7.03. The summed E-state index contributed by atoms with van der Waals surface area (Å²) in [4.78, 5) is 33.6. The largest absolute Gasteiger partial charge is 0.464 e. The van der Waals surface area contributed by atoms with E-state index in [-0.39, 0.29) is 24.1 Å². The van der Waals surface area contributed by atoms with Crippen molar-refractivity contribution in [2.45, 2.75) is 52.2 Å². The van der Waals surface area contributed by atoms with Crippen LogP contribution in [0.1, 0.15) is 36.2 Å². The molecular weight excluding hydrogens is 350 g/mol. The van der Waals surface area contributed by atoms with Gasteiger partial charge in [-0.15, -0.1) is 11.3 Å². The van der Waals surface area contributed by atoms with Gasteiger partial charge in [-0.3, -0.25) is 14.2 Å². The molecule has 0 radical (unpaired) electrons. The molecule has 6 nitrogen and oxygen atoms in total. The van der Waals surface area contributed by atoms with Gasteiger partial charge < -0.3 is 9.32 Å². The van der Waals surface area contributed by atoms with Crippen LogP contribution < -0.4 is 5.56 Å². The summed E-state index contributed by atoms with van der Waals surface area (Å²) in [6.45, 7) is 4.39. The minimum absolute atomic E-state index is 0.00920. The Morgan fingerprint density at radius 3 is 2.88 bits per heavy atom. The predicted molar refractivity (Wildman–Crippen MR) is 100 cm³/mol. The number of carbonyl (C=O) groups is 1. The molecule has 0 unspecified atom stereocenters. The van der Waals surface area contributed by atoms with Gasteiger partial charge in [0.25, 0.3) is 5.56 Å². The van der Waals surface area contributed by atoms with Crippen molar-refractivity contribution in [2.24, 2.45) is 0 Å². The summed E-state index contributed by atoms with van der Waals surface area (Å²) in [5.74, 6) is 1.53. The molecular formula is C19H21N3O3S. The molecule has 0 saturated heterocycles. The summed E-state index contributed by atoms with van der Waals surface area (Å²) in [7, 11) is 0. The van der Waals surface area contributed by atoms with E-state index >= 15 is 0 Å². The second-order valence-electron chi connectivity index (χ2n) is 6.73. The van der Waals surface area contributed by atoms with Crippen molar-refractivity contribution >= 4 is 27.5 Å². The van der Waals surface area contributed by atoms with Crippen LogP contribution in [0, 0.1) is 6.92 Å². The fraction of sp³-hybridized carbons (Fsp3) is 0.421. The quantitative estimate of drug-likeness (QED) is 0.668. The number of nitrogens with zero attached hydrogens (tertiary/aromatic N) is 3. The van der Waals surface area contributed by atoms with Gasteiger partial charge in [0.1, 0.15) is 22.9 Å². The van der Waals surface area contributed by atoms with Gasteiger partial charge >= 0.3 is 0 Å². The first-order valence-electron chi connectivity index (χ1n) is 8.87. The second kappa shape index (κ2) is 6.72. The topological polar surface area (TPSA) is 68.3 Å². The maximum Gasteiger partial charge on any atom is 0.262 e. The molecule has 4 rings (SSSR count). The highest BCUT2D eigenvalue weighted by Gasteiger charge is 2.33. The third kappa shape index (κ3) is 3.31. The molecule has 0 spiro atoms. The van der Waals surface area contributed by atoms with Crippen molar-refractivity contribution in [1.82, 2.24) is 14.5 Å². The Balaban J connectivity index is 1.56. The Labute approximate surface area is 155 Å². The lowest BCUT2D eigenvalue weighted by molar-refractivity contribution is -0.133.